The van der Waals surface area contributed by atoms with Crippen LogP contribution in [0.1, 0.15) is 19.4 Å². The molecule has 1 heterocycles. The first-order valence-corrected chi connectivity index (χ1v) is 6.24. The van der Waals surface area contributed by atoms with E-state index in [0.717, 1.165) is 9.94 Å². The second-order valence-corrected chi connectivity index (χ2v) is 5.79. The molecule has 5 heteroatoms. The standard InChI is InChI=1S/C12H13BBrNO2/c1-12(2)7-16-13(17-8-12)10-4-3-5-11(14)9(10)6-15/h3-5H,7-8H2,1-2H3. The van der Waals surface area contributed by atoms with E-state index in [2.05, 4.69) is 35.8 Å². The Balaban J connectivity index is 2.25. The van der Waals surface area contributed by atoms with E-state index in [1.54, 1.807) is 0 Å². The molecule has 1 fully saturated rings. The Bertz CT molecular complexity index is 460. The topological polar surface area (TPSA) is 42.2 Å². The van der Waals surface area contributed by atoms with Crippen LogP contribution in [0.5, 0.6) is 0 Å². The Morgan fingerprint density at radius 2 is 2.00 bits per heavy atom. The molecule has 1 aromatic carbocycles. The molecule has 0 aromatic heterocycles. The zero-order chi connectivity index (χ0) is 12.5. The van der Waals surface area contributed by atoms with E-state index in [4.69, 9.17) is 14.6 Å². The van der Waals surface area contributed by atoms with Gasteiger partial charge >= 0.3 is 7.12 Å². The monoisotopic (exact) mass is 293 g/mol. The summed E-state index contributed by atoms with van der Waals surface area (Å²) in [6, 6.07) is 7.77. The minimum absolute atomic E-state index is 0.0370. The van der Waals surface area contributed by atoms with Crippen molar-refractivity contribution in [2.45, 2.75) is 13.8 Å². The summed E-state index contributed by atoms with van der Waals surface area (Å²) in [5.41, 5.74) is 1.41. The highest BCUT2D eigenvalue weighted by Crippen LogP contribution is 2.22. The zero-order valence-electron chi connectivity index (χ0n) is 9.87. The molecule has 0 atom stereocenters. The average molecular weight is 294 g/mol. The van der Waals surface area contributed by atoms with Crippen molar-refractivity contribution in [3.63, 3.8) is 0 Å². The van der Waals surface area contributed by atoms with Crippen LogP contribution >= 0.6 is 15.9 Å². The molecule has 0 aliphatic carbocycles. The lowest BCUT2D eigenvalue weighted by Crippen LogP contribution is -2.48. The molecule has 2 rings (SSSR count). The Morgan fingerprint density at radius 3 is 2.59 bits per heavy atom. The van der Waals surface area contributed by atoms with E-state index in [-0.39, 0.29) is 5.41 Å². The summed E-state index contributed by atoms with van der Waals surface area (Å²) < 4.78 is 12.1. The quantitative estimate of drug-likeness (QED) is 0.745. The van der Waals surface area contributed by atoms with E-state index in [0.29, 0.717) is 18.8 Å². The second kappa shape index (κ2) is 4.81. The molecule has 1 aliphatic rings. The van der Waals surface area contributed by atoms with Gasteiger partial charge in [0, 0.05) is 28.6 Å². The van der Waals surface area contributed by atoms with Gasteiger partial charge in [0.15, 0.2) is 0 Å². The minimum atomic E-state index is -0.435. The van der Waals surface area contributed by atoms with Crippen LogP contribution < -0.4 is 5.46 Å². The Labute approximate surface area is 110 Å². The van der Waals surface area contributed by atoms with Gasteiger partial charge in [0.2, 0.25) is 0 Å². The number of nitrogens with zero attached hydrogens (tertiary/aromatic N) is 1. The van der Waals surface area contributed by atoms with E-state index in [1.807, 2.05) is 18.2 Å². The van der Waals surface area contributed by atoms with Gasteiger partial charge in [0.05, 0.1) is 11.6 Å². The van der Waals surface area contributed by atoms with Gasteiger partial charge in [0.25, 0.3) is 0 Å². The maximum atomic E-state index is 9.14. The van der Waals surface area contributed by atoms with Crippen molar-refractivity contribution in [3.05, 3.63) is 28.2 Å². The Hall–Kier alpha value is -0.825. The van der Waals surface area contributed by atoms with Crippen molar-refractivity contribution in [1.29, 1.82) is 5.26 Å². The number of hydrogen-bond acceptors (Lipinski definition) is 3. The fraction of sp³-hybridized carbons (Fsp3) is 0.417. The molecule has 1 aromatic rings. The van der Waals surface area contributed by atoms with E-state index in [1.165, 1.54) is 0 Å². The van der Waals surface area contributed by atoms with Crippen molar-refractivity contribution in [2.24, 2.45) is 5.41 Å². The van der Waals surface area contributed by atoms with Gasteiger partial charge in [-0.05, 0) is 22.0 Å². The predicted molar refractivity (Wildman–Crippen MR) is 69.9 cm³/mol. The van der Waals surface area contributed by atoms with Gasteiger partial charge < -0.3 is 9.31 Å². The lowest BCUT2D eigenvalue weighted by molar-refractivity contribution is 0.0343. The summed E-state index contributed by atoms with van der Waals surface area (Å²) in [4.78, 5) is 0. The van der Waals surface area contributed by atoms with Crippen molar-refractivity contribution < 1.29 is 9.31 Å². The van der Waals surface area contributed by atoms with E-state index < -0.39 is 7.12 Å². The van der Waals surface area contributed by atoms with Gasteiger partial charge in [0.1, 0.15) is 0 Å². The van der Waals surface area contributed by atoms with Crippen LogP contribution in [0.15, 0.2) is 22.7 Å². The number of hydrogen-bond donors (Lipinski definition) is 0. The van der Waals surface area contributed by atoms with Crippen LogP contribution in [0, 0.1) is 16.7 Å². The summed E-state index contributed by atoms with van der Waals surface area (Å²) in [6.07, 6.45) is 0. The zero-order valence-corrected chi connectivity index (χ0v) is 11.5. The maximum Gasteiger partial charge on any atom is 0.495 e. The molecule has 3 nitrogen and oxygen atoms in total. The van der Waals surface area contributed by atoms with Crippen LogP contribution in [-0.2, 0) is 9.31 Å². The van der Waals surface area contributed by atoms with Crippen LogP contribution in [0.2, 0.25) is 0 Å². The molecule has 0 spiro atoms. The fourth-order valence-corrected chi connectivity index (χ4v) is 2.20. The highest BCUT2D eigenvalue weighted by Gasteiger charge is 2.35. The lowest BCUT2D eigenvalue weighted by atomic mass is 9.73. The molecule has 1 aliphatic heterocycles. The van der Waals surface area contributed by atoms with Crippen LogP contribution in [-0.4, -0.2) is 20.3 Å². The van der Waals surface area contributed by atoms with Gasteiger partial charge in [-0.2, -0.15) is 5.26 Å². The van der Waals surface area contributed by atoms with Crippen molar-refractivity contribution in [2.75, 3.05) is 13.2 Å². The van der Waals surface area contributed by atoms with Crippen LogP contribution in [0.25, 0.3) is 0 Å². The molecule has 0 amide bonds. The summed E-state index contributed by atoms with van der Waals surface area (Å²) in [5, 5.41) is 9.14. The molecular formula is C12H13BBrNO2. The predicted octanol–water partition coefficient (Wildman–Crippen LogP) is 2.09. The van der Waals surface area contributed by atoms with Gasteiger partial charge in [-0.15, -0.1) is 0 Å². The molecule has 1 saturated heterocycles. The highest BCUT2D eigenvalue weighted by molar-refractivity contribution is 9.10. The average Bonchev–Trinajstić information content (AvgIpc) is 2.29. The Kier molecular flexibility index (Phi) is 3.57. The summed E-state index contributed by atoms with van der Waals surface area (Å²) in [6.45, 7) is 5.45. The molecule has 0 saturated carbocycles. The first-order valence-electron chi connectivity index (χ1n) is 5.45. The number of benzene rings is 1. The van der Waals surface area contributed by atoms with Gasteiger partial charge in [-0.3, -0.25) is 0 Å². The smallest absolute Gasteiger partial charge is 0.407 e. The third-order valence-corrected chi connectivity index (χ3v) is 3.32. The largest absolute Gasteiger partial charge is 0.495 e. The number of rotatable bonds is 1. The summed E-state index contributed by atoms with van der Waals surface area (Å²) >= 11 is 3.36. The minimum Gasteiger partial charge on any atom is -0.407 e. The van der Waals surface area contributed by atoms with Crippen LogP contribution in [0.3, 0.4) is 0 Å². The normalized spacial score (nSPS) is 18.8. The molecule has 88 valence electrons. The molecular weight excluding hydrogens is 281 g/mol. The highest BCUT2D eigenvalue weighted by atomic mass is 79.9. The molecule has 17 heavy (non-hydrogen) atoms. The van der Waals surface area contributed by atoms with Crippen LogP contribution in [0.4, 0.5) is 0 Å². The first-order chi connectivity index (χ1) is 8.03. The Morgan fingerprint density at radius 1 is 1.35 bits per heavy atom. The summed E-state index contributed by atoms with van der Waals surface area (Å²) in [5.74, 6) is 0. The number of nitriles is 1. The molecule has 0 radical (unpaired) electrons. The van der Waals surface area contributed by atoms with Crippen molar-refractivity contribution in [3.8, 4) is 6.07 Å². The van der Waals surface area contributed by atoms with Gasteiger partial charge in [-0.1, -0.05) is 26.0 Å². The number of halogens is 1. The van der Waals surface area contributed by atoms with E-state index in [9.17, 15) is 0 Å². The van der Waals surface area contributed by atoms with Crippen molar-refractivity contribution >= 4 is 28.5 Å². The first kappa shape index (κ1) is 12.6. The third-order valence-electron chi connectivity index (χ3n) is 2.66. The third kappa shape index (κ3) is 2.71. The maximum absolute atomic E-state index is 9.14. The molecule has 0 N–H and O–H groups in total. The van der Waals surface area contributed by atoms with E-state index >= 15 is 0 Å². The fourth-order valence-electron chi connectivity index (χ4n) is 1.73. The molecule has 0 bridgehead atoms. The second-order valence-electron chi connectivity index (χ2n) is 4.93. The summed E-state index contributed by atoms with van der Waals surface area (Å²) in [7, 11) is -0.435. The van der Waals surface area contributed by atoms with Gasteiger partial charge in [-0.25, -0.2) is 0 Å². The lowest BCUT2D eigenvalue weighted by Gasteiger charge is -2.33. The SMILES string of the molecule is CC1(C)COB(c2cccc(Br)c2C#N)OC1. The molecule has 0 unspecified atom stereocenters. The van der Waals surface area contributed by atoms with Crippen molar-refractivity contribution in [1.82, 2.24) is 0 Å².